The average Bonchev–Trinajstić information content (AvgIpc) is 3.24. The summed E-state index contributed by atoms with van der Waals surface area (Å²) in [4.78, 5) is 12.6. The summed E-state index contributed by atoms with van der Waals surface area (Å²) in [5, 5.41) is 10.7. The fraction of sp³-hybridized carbons (Fsp3) is 0.190. The summed E-state index contributed by atoms with van der Waals surface area (Å²) in [5.74, 6) is 0.0271. The van der Waals surface area contributed by atoms with Gasteiger partial charge in [0, 0.05) is 5.75 Å². The number of carbonyl (C=O) groups excluding carboxylic acids is 1. The highest BCUT2D eigenvalue weighted by Crippen LogP contribution is 2.28. The van der Waals surface area contributed by atoms with E-state index >= 15 is 0 Å². The lowest BCUT2D eigenvalue weighted by Gasteiger charge is -2.24. The van der Waals surface area contributed by atoms with Crippen molar-refractivity contribution in [2.24, 2.45) is 0 Å². The molecule has 0 spiro atoms. The summed E-state index contributed by atoms with van der Waals surface area (Å²) in [6.07, 6.45) is 1.72. The topological polar surface area (TPSA) is 101 Å². The average molecular weight is 509 g/mol. The zero-order valence-electron chi connectivity index (χ0n) is 17.6. The Labute approximate surface area is 199 Å². The molecule has 0 saturated carbocycles. The predicted octanol–water partition coefficient (Wildman–Crippen LogP) is 4.19. The van der Waals surface area contributed by atoms with E-state index < -0.39 is 28.3 Å². The van der Waals surface area contributed by atoms with Crippen LogP contribution in [0.25, 0.3) is 0 Å². The number of carbonyl (C=O) groups is 1. The quantitative estimate of drug-likeness (QED) is 0.235. The SMILES string of the molecule is C=CCSc1nnc(NC(=O)CN(c2ccc(OCC)cc2)S(=O)(=O)c2ccc(F)cc2)s1. The lowest BCUT2D eigenvalue weighted by Crippen LogP contribution is -2.38. The van der Waals surface area contributed by atoms with E-state index in [1.807, 2.05) is 6.92 Å². The number of sulfonamides is 1. The number of hydrogen-bond donors (Lipinski definition) is 1. The predicted molar refractivity (Wildman–Crippen MR) is 128 cm³/mol. The van der Waals surface area contributed by atoms with Crippen molar-refractivity contribution >= 4 is 49.8 Å². The Morgan fingerprint density at radius 2 is 1.91 bits per heavy atom. The van der Waals surface area contributed by atoms with Gasteiger partial charge in [0.25, 0.3) is 10.0 Å². The van der Waals surface area contributed by atoms with E-state index in [9.17, 15) is 17.6 Å². The maximum absolute atomic E-state index is 13.3. The van der Waals surface area contributed by atoms with Gasteiger partial charge in [-0.05, 0) is 55.5 Å². The molecule has 0 saturated heterocycles. The molecule has 0 radical (unpaired) electrons. The molecule has 0 aliphatic rings. The third-order valence-corrected chi connectivity index (χ3v) is 7.86. The summed E-state index contributed by atoms with van der Waals surface area (Å²) < 4.78 is 47.0. The zero-order valence-corrected chi connectivity index (χ0v) is 20.1. The van der Waals surface area contributed by atoms with Crippen LogP contribution in [0, 0.1) is 5.82 Å². The first-order valence-electron chi connectivity index (χ1n) is 9.71. The van der Waals surface area contributed by atoms with Crippen molar-refractivity contribution in [3.05, 3.63) is 67.0 Å². The van der Waals surface area contributed by atoms with Gasteiger partial charge in [-0.3, -0.25) is 14.4 Å². The molecule has 2 aromatic carbocycles. The molecule has 0 atom stereocenters. The van der Waals surface area contributed by atoms with Crippen LogP contribution < -0.4 is 14.4 Å². The van der Waals surface area contributed by atoms with E-state index in [2.05, 4.69) is 22.1 Å². The Hall–Kier alpha value is -2.96. The van der Waals surface area contributed by atoms with Crippen molar-refractivity contribution in [3.63, 3.8) is 0 Å². The molecular formula is C21H21FN4O4S3. The molecule has 8 nitrogen and oxygen atoms in total. The maximum Gasteiger partial charge on any atom is 0.264 e. The standard InChI is InChI=1S/C21H21FN4O4S3/c1-3-13-31-21-25-24-20(32-21)23-19(27)14-26(16-7-9-17(10-8-16)30-4-2)33(28,29)18-11-5-15(22)6-12-18/h3,5-12H,1,4,13-14H2,2H3,(H,23,24,27). The number of ether oxygens (including phenoxy) is 1. The summed E-state index contributed by atoms with van der Waals surface area (Å²) >= 11 is 2.59. The van der Waals surface area contributed by atoms with Gasteiger partial charge < -0.3 is 4.74 Å². The number of nitrogens with one attached hydrogen (secondary N) is 1. The van der Waals surface area contributed by atoms with Gasteiger partial charge in [-0.1, -0.05) is 29.2 Å². The number of amides is 1. The first-order valence-corrected chi connectivity index (χ1v) is 13.0. The Morgan fingerprint density at radius 3 is 2.55 bits per heavy atom. The number of aromatic nitrogens is 2. The minimum absolute atomic E-state index is 0.149. The Kier molecular flexibility index (Phi) is 8.42. The van der Waals surface area contributed by atoms with Gasteiger partial charge in [0.05, 0.1) is 17.2 Å². The molecule has 1 amide bonds. The second-order valence-electron chi connectivity index (χ2n) is 6.41. The van der Waals surface area contributed by atoms with Crippen molar-refractivity contribution in [1.29, 1.82) is 0 Å². The number of benzene rings is 2. The van der Waals surface area contributed by atoms with E-state index in [1.165, 1.54) is 35.2 Å². The molecule has 3 rings (SSSR count). The van der Waals surface area contributed by atoms with Crippen molar-refractivity contribution in [3.8, 4) is 5.75 Å². The lowest BCUT2D eigenvalue weighted by atomic mass is 10.3. The van der Waals surface area contributed by atoms with Crippen LogP contribution in [0.1, 0.15) is 6.92 Å². The Morgan fingerprint density at radius 1 is 1.21 bits per heavy atom. The monoisotopic (exact) mass is 508 g/mol. The third-order valence-electron chi connectivity index (χ3n) is 4.10. The van der Waals surface area contributed by atoms with Gasteiger partial charge in [0.1, 0.15) is 18.1 Å². The van der Waals surface area contributed by atoms with Crippen molar-refractivity contribution < 1.29 is 22.3 Å². The van der Waals surface area contributed by atoms with E-state index in [-0.39, 0.29) is 15.7 Å². The van der Waals surface area contributed by atoms with Crippen molar-refractivity contribution in [2.45, 2.75) is 16.2 Å². The highest BCUT2D eigenvalue weighted by molar-refractivity contribution is 8.01. The van der Waals surface area contributed by atoms with Gasteiger partial charge in [0.2, 0.25) is 11.0 Å². The number of halogens is 1. The van der Waals surface area contributed by atoms with Crippen LogP contribution in [0.3, 0.4) is 0 Å². The van der Waals surface area contributed by atoms with E-state index in [0.717, 1.165) is 28.6 Å². The zero-order chi connectivity index (χ0) is 23.8. The summed E-state index contributed by atoms with van der Waals surface area (Å²) in [6.45, 7) is 5.39. The van der Waals surface area contributed by atoms with E-state index in [0.29, 0.717) is 22.4 Å². The fourth-order valence-corrected chi connectivity index (χ4v) is 5.61. The van der Waals surface area contributed by atoms with Gasteiger partial charge in [-0.2, -0.15) is 0 Å². The van der Waals surface area contributed by atoms with Crippen LogP contribution in [0.4, 0.5) is 15.2 Å². The number of hydrogen-bond acceptors (Lipinski definition) is 8. The van der Waals surface area contributed by atoms with Crippen LogP contribution in [0.2, 0.25) is 0 Å². The highest BCUT2D eigenvalue weighted by atomic mass is 32.2. The molecule has 174 valence electrons. The third kappa shape index (κ3) is 6.53. The molecule has 1 N–H and O–H groups in total. The molecule has 0 aliphatic carbocycles. The Bertz CT molecular complexity index is 1200. The van der Waals surface area contributed by atoms with E-state index in [4.69, 9.17) is 4.74 Å². The molecule has 12 heteroatoms. The maximum atomic E-state index is 13.3. The van der Waals surface area contributed by atoms with Crippen molar-refractivity contribution in [1.82, 2.24) is 10.2 Å². The van der Waals surface area contributed by atoms with Gasteiger partial charge in [0.15, 0.2) is 4.34 Å². The molecule has 33 heavy (non-hydrogen) atoms. The van der Waals surface area contributed by atoms with Gasteiger partial charge in [-0.25, -0.2) is 12.8 Å². The van der Waals surface area contributed by atoms with Crippen LogP contribution in [0.5, 0.6) is 5.75 Å². The second kappa shape index (κ2) is 11.3. The summed E-state index contributed by atoms with van der Waals surface area (Å²) in [6, 6.07) is 10.7. The fourth-order valence-electron chi connectivity index (χ4n) is 2.66. The van der Waals surface area contributed by atoms with Crippen LogP contribution in [-0.2, 0) is 14.8 Å². The van der Waals surface area contributed by atoms with Crippen LogP contribution in [0.15, 0.2) is 70.4 Å². The van der Waals surface area contributed by atoms with Gasteiger partial charge >= 0.3 is 0 Å². The molecule has 3 aromatic rings. The number of rotatable bonds is 11. The largest absolute Gasteiger partial charge is 0.494 e. The number of nitrogens with zero attached hydrogens (tertiary/aromatic N) is 3. The summed E-state index contributed by atoms with van der Waals surface area (Å²) in [5.41, 5.74) is 0.248. The molecule has 1 aromatic heterocycles. The lowest BCUT2D eigenvalue weighted by molar-refractivity contribution is -0.114. The van der Waals surface area contributed by atoms with Crippen LogP contribution >= 0.6 is 23.1 Å². The first kappa shape index (κ1) is 24.7. The highest BCUT2D eigenvalue weighted by Gasteiger charge is 2.28. The molecule has 1 heterocycles. The van der Waals surface area contributed by atoms with Crippen molar-refractivity contribution in [2.75, 3.05) is 28.5 Å². The summed E-state index contributed by atoms with van der Waals surface area (Å²) in [7, 11) is -4.17. The first-order chi connectivity index (χ1) is 15.8. The number of thioether (sulfide) groups is 1. The minimum Gasteiger partial charge on any atom is -0.494 e. The molecule has 0 aliphatic heterocycles. The normalized spacial score (nSPS) is 11.1. The molecule has 0 bridgehead atoms. The molecule has 0 fully saturated rings. The van der Waals surface area contributed by atoms with Gasteiger partial charge in [-0.15, -0.1) is 16.8 Å². The smallest absolute Gasteiger partial charge is 0.264 e. The Balaban J connectivity index is 1.86. The minimum atomic E-state index is -4.17. The van der Waals surface area contributed by atoms with E-state index in [1.54, 1.807) is 18.2 Å². The second-order valence-corrected chi connectivity index (χ2v) is 10.5. The molecular weight excluding hydrogens is 487 g/mol. The van der Waals surface area contributed by atoms with Crippen LogP contribution in [-0.4, -0.2) is 43.4 Å². The molecule has 0 unspecified atom stereocenters. The number of anilines is 2.